The number of benzene rings is 1. The van der Waals surface area contributed by atoms with E-state index >= 15 is 0 Å². The number of nitrogens with one attached hydrogen (secondary N) is 1. The van der Waals surface area contributed by atoms with Gasteiger partial charge in [-0.05, 0) is 25.0 Å². The first kappa shape index (κ1) is 18.6. The topological polar surface area (TPSA) is 36.9 Å². The fraction of sp³-hybridized carbons (Fsp3) is 0.588. The van der Waals surface area contributed by atoms with Crippen molar-refractivity contribution < 1.29 is 17.9 Å². The summed E-state index contributed by atoms with van der Waals surface area (Å²) in [7, 11) is 1.58. The standard InChI is InChI=1S/C17H24F3N3O/c1-12-4-5-14(13(2)10-12)15-11-23(8-9-24-15)16(21-3)22-7-6-17(18,19)20/h4-5,10,15H,6-9,11H2,1-3H3,(H,21,22). The van der Waals surface area contributed by atoms with Gasteiger partial charge >= 0.3 is 6.18 Å². The number of ether oxygens (including phenoxy) is 1. The number of halogens is 3. The third-order valence-electron chi connectivity index (χ3n) is 4.04. The molecule has 0 spiro atoms. The van der Waals surface area contributed by atoms with Crippen LogP contribution in [0.3, 0.4) is 0 Å². The average molecular weight is 343 g/mol. The van der Waals surface area contributed by atoms with Crippen LogP contribution >= 0.6 is 0 Å². The number of nitrogens with zero attached hydrogens (tertiary/aromatic N) is 2. The van der Waals surface area contributed by atoms with Crippen LogP contribution < -0.4 is 5.32 Å². The number of hydrogen-bond donors (Lipinski definition) is 1. The SMILES string of the molecule is CN=C(NCCC(F)(F)F)N1CCOC(c2ccc(C)cc2C)C1. The van der Waals surface area contributed by atoms with Gasteiger partial charge in [-0.25, -0.2) is 0 Å². The van der Waals surface area contributed by atoms with Gasteiger partial charge in [0, 0.05) is 20.1 Å². The van der Waals surface area contributed by atoms with E-state index < -0.39 is 12.6 Å². The van der Waals surface area contributed by atoms with Crippen LogP contribution in [0.15, 0.2) is 23.2 Å². The molecule has 1 aromatic carbocycles. The second-order valence-electron chi connectivity index (χ2n) is 6.00. The lowest BCUT2D eigenvalue weighted by molar-refractivity contribution is -0.132. The van der Waals surface area contributed by atoms with Gasteiger partial charge in [0.2, 0.25) is 0 Å². The molecule has 1 saturated heterocycles. The molecule has 1 aliphatic rings. The highest BCUT2D eigenvalue weighted by Gasteiger charge is 2.28. The summed E-state index contributed by atoms with van der Waals surface area (Å²) in [5.74, 6) is 0.484. The lowest BCUT2D eigenvalue weighted by Crippen LogP contribution is -2.48. The Kier molecular flexibility index (Phi) is 6.10. The monoisotopic (exact) mass is 343 g/mol. The van der Waals surface area contributed by atoms with Crippen molar-refractivity contribution in [3.63, 3.8) is 0 Å². The Morgan fingerprint density at radius 1 is 1.38 bits per heavy atom. The molecule has 1 fully saturated rings. The highest BCUT2D eigenvalue weighted by Crippen LogP contribution is 2.26. The van der Waals surface area contributed by atoms with Crippen molar-refractivity contribution in [2.24, 2.45) is 4.99 Å². The normalized spacial score (nSPS) is 19.5. The lowest BCUT2D eigenvalue weighted by atomic mass is 10.00. The quantitative estimate of drug-likeness (QED) is 0.676. The van der Waals surface area contributed by atoms with E-state index in [1.165, 1.54) is 5.56 Å². The Bertz CT molecular complexity index is 587. The Labute approximate surface area is 140 Å². The summed E-state index contributed by atoms with van der Waals surface area (Å²) in [5.41, 5.74) is 3.45. The van der Waals surface area contributed by atoms with Gasteiger partial charge in [-0.1, -0.05) is 23.8 Å². The first-order chi connectivity index (χ1) is 11.3. The van der Waals surface area contributed by atoms with E-state index in [-0.39, 0.29) is 12.6 Å². The molecule has 1 unspecified atom stereocenters. The van der Waals surface area contributed by atoms with Crippen molar-refractivity contribution in [2.75, 3.05) is 33.3 Å². The maximum atomic E-state index is 12.3. The van der Waals surface area contributed by atoms with Gasteiger partial charge in [0.25, 0.3) is 0 Å². The molecule has 0 aliphatic carbocycles. The number of guanidine groups is 1. The first-order valence-corrected chi connectivity index (χ1v) is 8.01. The summed E-state index contributed by atoms with van der Waals surface area (Å²) in [6.07, 6.45) is -5.16. The minimum absolute atomic E-state index is 0.111. The predicted octanol–water partition coefficient (Wildman–Crippen LogP) is 3.20. The largest absolute Gasteiger partial charge is 0.390 e. The van der Waals surface area contributed by atoms with E-state index in [4.69, 9.17) is 4.74 Å². The van der Waals surface area contributed by atoms with Crippen molar-refractivity contribution >= 4 is 5.96 Å². The zero-order valence-corrected chi connectivity index (χ0v) is 14.3. The van der Waals surface area contributed by atoms with Gasteiger partial charge in [-0.2, -0.15) is 13.2 Å². The summed E-state index contributed by atoms with van der Waals surface area (Å²) in [6.45, 7) is 5.58. The molecule has 0 aromatic heterocycles. The van der Waals surface area contributed by atoms with Crippen molar-refractivity contribution in [3.05, 3.63) is 34.9 Å². The Morgan fingerprint density at radius 2 is 2.12 bits per heavy atom. The van der Waals surface area contributed by atoms with Crippen LogP contribution in [-0.2, 0) is 4.74 Å². The zero-order valence-electron chi connectivity index (χ0n) is 14.3. The summed E-state index contributed by atoms with van der Waals surface area (Å²) in [4.78, 5) is 6.05. The lowest BCUT2D eigenvalue weighted by Gasteiger charge is -2.36. The second kappa shape index (κ2) is 7.88. The third kappa shape index (κ3) is 5.12. The van der Waals surface area contributed by atoms with E-state index in [1.54, 1.807) is 7.05 Å². The van der Waals surface area contributed by atoms with Crippen LogP contribution in [0.5, 0.6) is 0 Å². The fourth-order valence-corrected chi connectivity index (χ4v) is 2.87. The molecule has 134 valence electrons. The number of aliphatic imine (C=N–C) groups is 1. The number of alkyl halides is 3. The molecule has 4 nitrogen and oxygen atoms in total. The number of rotatable bonds is 3. The molecule has 1 N–H and O–H groups in total. The molecule has 7 heteroatoms. The van der Waals surface area contributed by atoms with Crippen molar-refractivity contribution in [3.8, 4) is 0 Å². The number of hydrogen-bond acceptors (Lipinski definition) is 2. The molecule has 1 aromatic rings. The van der Waals surface area contributed by atoms with Crippen LogP contribution in [-0.4, -0.2) is 50.3 Å². The Balaban J connectivity index is 2.00. The highest BCUT2D eigenvalue weighted by atomic mass is 19.4. The highest BCUT2D eigenvalue weighted by molar-refractivity contribution is 5.80. The number of morpholine rings is 1. The molecule has 2 rings (SSSR count). The van der Waals surface area contributed by atoms with Crippen LogP contribution in [0.2, 0.25) is 0 Å². The van der Waals surface area contributed by atoms with Gasteiger partial charge in [0.1, 0.15) is 6.10 Å². The van der Waals surface area contributed by atoms with E-state index in [0.29, 0.717) is 25.7 Å². The maximum absolute atomic E-state index is 12.3. The molecule has 1 aliphatic heterocycles. The molecule has 0 radical (unpaired) electrons. The molecule has 0 amide bonds. The molecule has 0 bridgehead atoms. The van der Waals surface area contributed by atoms with Crippen LogP contribution in [0.1, 0.15) is 29.2 Å². The fourth-order valence-electron chi connectivity index (χ4n) is 2.87. The summed E-state index contributed by atoms with van der Waals surface area (Å²) < 4.78 is 42.8. The molecule has 0 saturated carbocycles. The molecule has 1 atom stereocenters. The van der Waals surface area contributed by atoms with Gasteiger partial charge in [0.15, 0.2) is 5.96 Å². The second-order valence-corrected chi connectivity index (χ2v) is 6.00. The Hall–Kier alpha value is -1.76. The minimum Gasteiger partial charge on any atom is -0.370 e. The predicted molar refractivity (Wildman–Crippen MR) is 88.2 cm³/mol. The summed E-state index contributed by atoms with van der Waals surface area (Å²) >= 11 is 0. The van der Waals surface area contributed by atoms with Crippen LogP contribution in [0.4, 0.5) is 13.2 Å². The van der Waals surface area contributed by atoms with Gasteiger partial charge in [0.05, 0.1) is 19.6 Å². The minimum atomic E-state index is -4.17. The Morgan fingerprint density at radius 3 is 2.75 bits per heavy atom. The van der Waals surface area contributed by atoms with Gasteiger partial charge < -0.3 is 15.0 Å². The van der Waals surface area contributed by atoms with Crippen molar-refractivity contribution in [1.29, 1.82) is 0 Å². The first-order valence-electron chi connectivity index (χ1n) is 8.01. The smallest absolute Gasteiger partial charge is 0.370 e. The summed E-state index contributed by atoms with van der Waals surface area (Å²) in [6, 6.07) is 6.20. The average Bonchev–Trinajstić information content (AvgIpc) is 2.50. The van der Waals surface area contributed by atoms with E-state index in [0.717, 1.165) is 11.1 Å². The summed E-state index contributed by atoms with van der Waals surface area (Å²) in [5, 5.41) is 2.79. The van der Waals surface area contributed by atoms with E-state index in [9.17, 15) is 13.2 Å². The third-order valence-corrected chi connectivity index (χ3v) is 4.04. The van der Waals surface area contributed by atoms with E-state index in [2.05, 4.69) is 22.4 Å². The maximum Gasteiger partial charge on any atom is 0.390 e. The van der Waals surface area contributed by atoms with Gasteiger partial charge in [-0.15, -0.1) is 0 Å². The molecule has 24 heavy (non-hydrogen) atoms. The van der Waals surface area contributed by atoms with E-state index in [1.807, 2.05) is 24.8 Å². The van der Waals surface area contributed by atoms with Crippen molar-refractivity contribution in [2.45, 2.75) is 32.5 Å². The van der Waals surface area contributed by atoms with Gasteiger partial charge in [-0.3, -0.25) is 4.99 Å². The van der Waals surface area contributed by atoms with Crippen LogP contribution in [0.25, 0.3) is 0 Å². The number of aryl methyl sites for hydroxylation is 2. The van der Waals surface area contributed by atoms with Crippen molar-refractivity contribution in [1.82, 2.24) is 10.2 Å². The zero-order chi connectivity index (χ0) is 17.7. The van der Waals surface area contributed by atoms with Crippen LogP contribution in [0, 0.1) is 13.8 Å². The molecular formula is C17H24F3N3O. The molecular weight excluding hydrogens is 319 g/mol. The molecule has 1 heterocycles.